The van der Waals surface area contributed by atoms with E-state index >= 15 is 0 Å². The zero-order valence-electron chi connectivity index (χ0n) is 17.9. The number of fused-ring (bicyclic) bond motifs is 1. The summed E-state index contributed by atoms with van der Waals surface area (Å²) in [5.41, 5.74) is -0.519. The van der Waals surface area contributed by atoms with Crippen molar-refractivity contribution in [2.45, 2.75) is 12.1 Å². The average molecular weight is 525 g/mol. The molecule has 0 fully saturated rings. The normalized spacial score (nSPS) is 13.0. The van der Waals surface area contributed by atoms with Crippen LogP contribution in [0.5, 0.6) is 0 Å². The van der Waals surface area contributed by atoms with Crippen molar-refractivity contribution in [3.63, 3.8) is 0 Å². The number of aromatic nitrogens is 2. The van der Waals surface area contributed by atoms with E-state index in [1.807, 2.05) is 12.1 Å². The van der Waals surface area contributed by atoms with Gasteiger partial charge in [0.05, 0.1) is 34.7 Å². The highest BCUT2D eigenvalue weighted by Gasteiger charge is 2.29. The highest BCUT2D eigenvalue weighted by atomic mass is 79.9. The highest BCUT2D eigenvalue weighted by Crippen LogP contribution is 2.23. The van der Waals surface area contributed by atoms with Crippen molar-refractivity contribution in [3.8, 4) is 5.69 Å². The molecule has 9 nitrogen and oxygen atoms in total. The average Bonchev–Trinajstić information content (AvgIpc) is 2.85. The molecule has 1 unspecified atom stereocenters. The Morgan fingerprint density at radius 1 is 1.06 bits per heavy atom. The molecule has 0 aliphatic heterocycles. The van der Waals surface area contributed by atoms with E-state index < -0.39 is 17.1 Å². The number of aliphatic hydroxyl groups excluding tert-OH is 1. The molecular formula is C24H21BrN4O5. The fourth-order valence-electron chi connectivity index (χ4n) is 3.68. The highest BCUT2D eigenvalue weighted by molar-refractivity contribution is 9.10. The Morgan fingerprint density at radius 2 is 1.74 bits per heavy atom. The summed E-state index contributed by atoms with van der Waals surface area (Å²) >= 11 is 3.40. The maximum atomic E-state index is 13.3. The summed E-state index contributed by atoms with van der Waals surface area (Å²) in [6.45, 7) is -0.571. The lowest BCUT2D eigenvalue weighted by Gasteiger charge is -2.27. The Kier molecular flexibility index (Phi) is 6.85. The second-order valence-corrected chi connectivity index (χ2v) is 8.68. The van der Waals surface area contributed by atoms with Crippen LogP contribution in [0.2, 0.25) is 0 Å². The maximum absolute atomic E-state index is 13.3. The number of hydrogen-bond acceptors (Lipinski definition) is 7. The van der Waals surface area contributed by atoms with E-state index in [0.717, 1.165) is 4.47 Å². The zero-order valence-corrected chi connectivity index (χ0v) is 19.5. The molecule has 0 aliphatic rings. The van der Waals surface area contributed by atoms with Crippen LogP contribution in [0, 0.1) is 10.1 Å². The predicted molar refractivity (Wildman–Crippen MR) is 131 cm³/mol. The molecule has 0 saturated heterocycles. The molecule has 1 heterocycles. The molecule has 4 aromatic rings. The molecule has 3 N–H and O–H groups in total. The maximum Gasteiger partial charge on any atom is 0.269 e. The van der Waals surface area contributed by atoms with Gasteiger partial charge in [-0.3, -0.25) is 19.5 Å². The number of para-hydroxylation sites is 1. The van der Waals surface area contributed by atoms with Crippen LogP contribution in [-0.2, 0) is 12.1 Å². The first-order valence-corrected chi connectivity index (χ1v) is 11.2. The summed E-state index contributed by atoms with van der Waals surface area (Å²) < 4.78 is 2.37. The second-order valence-electron chi connectivity index (χ2n) is 7.76. The Hall–Kier alpha value is -3.44. The van der Waals surface area contributed by atoms with Crippen molar-refractivity contribution in [2.24, 2.45) is 0 Å². The quantitative estimate of drug-likeness (QED) is 0.238. The van der Waals surface area contributed by atoms with Gasteiger partial charge in [-0.1, -0.05) is 28.1 Å². The van der Waals surface area contributed by atoms with Crippen molar-refractivity contribution in [3.05, 3.63) is 109 Å². The molecular weight excluding hydrogens is 504 g/mol. The van der Waals surface area contributed by atoms with E-state index in [-0.39, 0.29) is 24.3 Å². The van der Waals surface area contributed by atoms with E-state index in [4.69, 9.17) is 0 Å². The molecule has 3 aromatic carbocycles. The topological polar surface area (TPSA) is 131 Å². The van der Waals surface area contributed by atoms with Crippen LogP contribution >= 0.6 is 15.9 Å². The third-order valence-electron chi connectivity index (χ3n) is 5.51. The van der Waals surface area contributed by atoms with Gasteiger partial charge in [0.2, 0.25) is 0 Å². The third-order valence-corrected chi connectivity index (χ3v) is 6.04. The van der Waals surface area contributed by atoms with Crippen LogP contribution in [0.15, 0.2) is 82.1 Å². The standard InChI is InChI=1S/C24H21BrN4O5/c25-17-7-11-18(12-8-17)28-22(27-21-4-2-1-3-20(21)23(28)31)13-26-14-24(32,15-30)16-5-9-19(10-6-16)29(33)34/h1-12,26,30,32H,13-15H2. The molecule has 0 radical (unpaired) electrons. The van der Waals surface area contributed by atoms with Gasteiger partial charge in [0, 0.05) is 23.2 Å². The number of non-ortho nitro benzene ring substituents is 1. The van der Waals surface area contributed by atoms with Crippen molar-refractivity contribution in [1.29, 1.82) is 0 Å². The number of aliphatic hydroxyl groups is 2. The van der Waals surface area contributed by atoms with Crippen LogP contribution < -0.4 is 10.9 Å². The number of nitro benzene ring substituents is 1. The number of nitrogens with zero attached hydrogens (tertiary/aromatic N) is 3. The minimum absolute atomic E-state index is 0.0790. The van der Waals surface area contributed by atoms with E-state index in [9.17, 15) is 25.1 Å². The van der Waals surface area contributed by atoms with Gasteiger partial charge in [-0.25, -0.2) is 4.98 Å². The number of halogens is 1. The monoisotopic (exact) mass is 524 g/mol. The van der Waals surface area contributed by atoms with Gasteiger partial charge in [-0.05, 0) is 54.1 Å². The van der Waals surface area contributed by atoms with Crippen molar-refractivity contribution < 1.29 is 15.1 Å². The number of hydrogen-bond donors (Lipinski definition) is 3. The van der Waals surface area contributed by atoms with Crippen molar-refractivity contribution >= 4 is 32.5 Å². The Balaban J connectivity index is 1.64. The number of nitro groups is 1. The van der Waals surface area contributed by atoms with Crippen LogP contribution in [0.3, 0.4) is 0 Å². The van der Waals surface area contributed by atoms with Gasteiger partial charge in [-0.15, -0.1) is 0 Å². The van der Waals surface area contributed by atoms with Crippen molar-refractivity contribution in [2.75, 3.05) is 13.2 Å². The summed E-state index contributed by atoms with van der Waals surface area (Å²) in [5, 5.41) is 35.3. The fraction of sp³-hybridized carbons (Fsp3) is 0.167. The number of rotatable bonds is 8. The lowest BCUT2D eigenvalue weighted by molar-refractivity contribution is -0.384. The minimum Gasteiger partial charge on any atom is -0.393 e. The van der Waals surface area contributed by atoms with E-state index in [0.29, 0.717) is 28.0 Å². The van der Waals surface area contributed by atoms with Gasteiger partial charge in [-0.2, -0.15) is 0 Å². The number of benzene rings is 3. The van der Waals surface area contributed by atoms with Crippen LogP contribution in [-0.4, -0.2) is 37.8 Å². The smallest absolute Gasteiger partial charge is 0.269 e. The molecule has 1 aromatic heterocycles. The fourth-order valence-corrected chi connectivity index (χ4v) is 3.94. The molecule has 174 valence electrons. The van der Waals surface area contributed by atoms with Gasteiger partial charge >= 0.3 is 0 Å². The van der Waals surface area contributed by atoms with Crippen LogP contribution in [0.25, 0.3) is 16.6 Å². The lowest BCUT2D eigenvalue weighted by Crippen LogP contribution is -2.41. The molecule has 0 aliphatic carbocycles. The van der Waals surface area contributed by atoms with Crippen molar-refractivity contribution in [1.82, 2.24) is 14.9 Å². The zero-order chi connectivity index (χ0) is 24.3. The Morgan fingerprint density at radius 3 is 2.38 bits per heavy atom. The van der Waals surface area contributed by atoms with Gasteiger partial charge in [0.1, 0.15) is 11.4 Å². The molecule has 10 heteroatoms. The third kappa shape index (κ3) is 4.75. The molecule has 4 rings (SSSR count). The number of nitrogens with one attached hydrogen (secondary N) is 1. The van der Waals surface area contributed by atoms with E-state index in [2.05, 4.69) is 26.2 Å². The summed E-state index contributed by atoms with van der Waals surface area (Å²) in [6.07, 6.45) is 0. The first-order chi connectivity index (χ1) is 16.3. The molecule has 0 spiro atoms. The van der Waals surface area contributed by atoms with Crippen LogP contribution in [0.1, 0.15) is 11.4 Å². The Bertz CT molecular complexity index is 1390. The second kappa shape index (κ2) is 9.82. The van der Waals surface area contributed by atoms with Gasteiger partial charge in [0.15, 0.2) is 0 Å². The molecule has 0 amide bonds. The first-order valence-electron chi connectivity index (χ1n) is 10.4. The summed E-state index contributed by atoms with van der Waals surface area (Å²) in [4.78, 5) is 28.3. The Labute approximate surface area is 202 Å². The summed E-state index contributed by atoms with van der Waals surface area (Å²) in [7, 11) is 0. The van der Waals surface area contributed by atoms with Gasteiger partial charge < -0.3 is 15.5 Å². The van der Waals surface area contributed by atoms with E-state index in [1.165, 1.54) is 28.8 Å². The van der Waals surface area contributed by atoms with E-state index in [1.54, 1.807) is 36.4 Å². The summed E-state index contributed by atoms with van der Waals surface area (Å²) in [5.74, 6) is 0.426. The molecule has 1 atom stereocenters. The molecule has 0 bridgehead atoms. The summed E-state index contributed by atoms with van der Waals surface area (Å²) in [6, 6.07) is 19.7. The first kappa shape index (κ1) is 23.7. The SMILES string of the molecule is O=c1c2ccccc2nc(CNCC(O)(CO)c2ccc([N+](=O)[O-])cc2)n1-c1ccc(Br)cc1. The largest absolute Gasteiger partial charge is 0.393 e. The minimum atomic E-state index is -1.69. The lowest BCUT2D eigenvalue weighted by atomic mass is 9.94. The van der Waals surface area contributed by atoms with Crippen LogP contribution in [0.4, 0.5) is 5.69 Å². The predicted octanol–water partition coefficient (Wildman–Crippen LogP) is 3.03. The van der Waals surface area contributed by atoms with Gasteiger partial charge in [0.25, 0.3) is 11.2 Å². The molecule has 34 heavy (non-hydrogen) atoms. The molecule has 0 saturated carbocycles.